The number of carbonyl (C=O) groups is 2. The first-order valence-corrected chi connectivity index (χ1v) is 14.4. The number of methoxy groups -OCH3 is 1. The molecule has 1 atom stereocenters. The zero-order chi connectivity index (χ0) is 28.6. The van der Waals surface area contributed by atoms with Crippen LogP contribution in [0.3, 0.4) is 0 Å². The molecule has 0 radical (unpaired) electrons. The van der Waals surface area contributed by atoms with Crippen molar-refractivity contribution in [2.24, 2.45) is 0 Å². The Morgan fingerprint density at radius 1 is 0.923 bits per heavy atom. The number of hydrogen-bond acceptors (Lipinski definition) is 5. The number of ether oxygens (including phenoxy) is 1. The van der Waals surface area contributed by atoms with E-state index in [-0.39, 0.29) is 23.4 Å². The molecule has 0 heterocycles. The number of nitrogens with zero attached hydrogens (tertiary/aromatic N) is 2. The van der Waals surface area contributed by atoms with Gasteiger partial charge in [0.1, 0.15) is 18.3 Å². The average molecular weight is 552 g/mol. The third-order valence-corrected chi connectivity index (χ3v) is 8.05. The molecular formula is C30H37N3O5S. The van der Waals surface area contributed by atoms with Crippen molar-refractivity contribution in [3.63, 3.8) is 0 Å². The van der Waals surface area contributed by atoms with Crippen LogP contribution in [0.5, 0.6) is 5.75 Å². The van der Waals surface area contributed by atoms with E-state index in [9.17, 15) is 18.0 Å². The van der Waals surface area contributed by atoms with Crippen molar-refractivity contribution in [1.29, 1.82) is 0 Å². The van der Waals surface area contributed by atoms with Crippen LogP contribution >= 0.6 is 0 Å². The van der Waals surface area contributed by atoms with Gasteiger partial charge in [0.2, 0.25) is 11.8 Å². The number of nitrogens with one attached hydrogen (secondary N) is 1. The highest BCUT2D eigenvalue weighted by Crippen LogP contribution is 2.25. The monoisotopic (exact) mass is 551 g/mol. The zero-order valence-corrected chi connectivity index (χ0v) is 23.9. The molecule has 0 saturated carbocycles. The molecule has 39 heavy (non-hydrogen) atoms. The van der Waals surface area contributed by atoms with Crippen LogP contribution in [0.1, 0.15) is 38.3 Å². The van der Waals surface area contributed by atoms with Crippen LogP contribution in [0.4, 0.5) is 5.69 Å². The molecule has 1 N–H and O–H groups in total. The second kappa shape index (κ2) is 13.3. The molecule has 0 aliphatic rings. The Labute approximate surface area is 231 Å². The normalized spacial score (nSPS) is 12.1. The predicted molar refractivity (Wildman–Crippen MR) is 153 cm³/mol. The van der Waals surface area contributed by atoms with Crippen molar-refractivity contribution >= 4 is 27.5 Å². The average Bonchev–Trinajstić information content (AvgIpc) is 2.92. The molecule has 0 bridgehead atoms. The van der Waals surface area contributed by atoms with Gasteiger partial charge in [-0.15, -0.1) is 0 Å². The molecule has 3 aromatic carbocycles. The summed E-state index contributed by atoms with van der Waals surface area (Å²) in [6.45, 7) is 7.09. The second-order valence-electron chi connectivity index (χ2n) is 9.62. The first-order valence-electron chi connectivity index (χ1n) is 12.9. The van der Waals surface area contributed by atoms with Crippen LogP contribution in [-0.2, 0) is 26.2 Å². The Morgan fingerprint density at radius 3 is 2.08 bits per heavy atom. The minimum Gasteiger partial charge on any atom is -0.497 e. The number of anilines is 1. The lowest BCUT2D eigenvalue weighted by atomic mass is 10.1. The lowest BCUT2D eigenvalue weighted by Gasteiger charge is -2.33. The molecule has 2 amide bonds. The summed E-state index contributed by atoms with van der Waals surface area (Å²) in [5, 5.41) is 2.90. The Bertz CT molecular complexity index is 1340. The molecule has 208 valence electrons. The topological polar surface area (TPSA) is 96.0 Å². The van der Waals surface area contributed by atoms with Crippen molar-refractivity contribution in [1.82, 2.24) is 10.2 Å². The highest BCUT2D eigenvalue weighted by molar-refractivity contribution is 7.92. The van der Waals surface area contributed by atoms with Gasteiger partial charge in [0.05, 0.1) is 17.7 Å². The molecule has 3 aromatic rings. The highest BCUT2D eigenvalue weighted by Gasteiger charge is 2.33. The van der Waals surface area contributed by atoms with Gasteiger partial charge in [-0.05, 0) is 69.2 Å². The van der Waals surface area contributed by atoms with Gasteiger partial charge < -0.3 is 15.0 Å². The fourth-order valence-corrected chi connectivity index (χ4v) is 5.62. The van der Waals surface area contributed by atoms with E-state index in [4.69, 9.17) is 4.74 Å². The number of sulfonamides is 1. The van der Waals surface area contributed by atoms with Crippen LogP contribution in [0.15, 0.2) is 83.8 Å². The van der Waals surface area contributed by atoms with Crippen LogP contribution in [0.2, 0.25) is 0 Å². The molecule has 0 saturated heterocycles. The SMILES string of the molecule is CCC(C(=O)NC(C)C)N(Cc1ccc(OC)cc1)C(=O)CN(c1ccc(C)cc1)S(=O)(=O)c1ccccc1. The maximum atomic E-state index is 14.0. The lowest BCUT2D eigenvalue weighted by Crippen LogP contribution is -2.53. The fourth-order valence-electron chi connectivity index (χ4n) is 4.19. The van der Waals surface area contributed by atoms with Crippen molar-refractivity contribution in [3.05, 3.63) is 90.0 Å². The molecule has 3 rings (SSSR count). The third kappa shape index (κ3) is 7.60. The molecule has 0 spiro atoms. The summed E-state index contributed by atoms with van der Waals surface area (Å²) in [7, 11) is -2.51. The molecule has 8 nitrogen and oxygen atoms in total. The van der Waals surface area contributed by atoms with E-state index < -0.39 is 28.5 Å². The Balaban J connectivity index is 2.04. The Kier molecular flexibility index (Phi) is 10.1. The summed E-state index contributed by atoms with van der Waals surface area (Å²) >= 11 is 0. The number of rotatable bonds is 12. The maximum Gasteiger partial charge on any atom is 0.264 e. The van der Waals surface area contributed by atoms with Crippen molar-refractivity contribution in [3.8, 4) is 5.75 Å². The van der Waals surface area contributed by atoms with E-state index in [0.717, 1.165) is 15.4 Å². The molecule has 0 fully saturated rings. The van der Waals surface area contributed by atoms with E-state index in [1.165, 1.54) is 17.0 Å². The van der Waals surface area contributed by atoms with Crippen molar-refractivity contribution in [2.75, 3.05) is 18.0 Å². The molecule has 9 heteroatoms. The van der Waals surface area contributed by atoms with Crippen LogP contribution < -0.4 is 14.4 Å². The van der Waals surface area contributed by atoms with E-state index in [0.29, 0.717) is 17.9 Å². The standard InChI is InChI=1S/C30H37N3O5S/c1-6-28(30(35)31-22(2)3)32(20-24-14-18-26(38-5)19-15-24)29(34)21-33(25-16-12-23(4)13-17-25)39(36,37)27-10-8-7-9-11-27/h7-19,22,28H,6,20-21H2,1-5H3,(H,31,35). The quantitative estimate of drug-likeness (QED) is 0.357. The summed E-state index contributed by atoms with van der Waals surface area (Å²) in [6.07, 6.45) is 0.358. The van der Waals surface area contributed by atoms with Gasteiger partial charge in [-0.25, -0.2) is 8.42 Å². The molecule has 0 aliphatic carbocycles. The highest BCUT2D eigenvalue weighted by atomic mass is 32.2. The first kappa shape index (κ1) is 29.7. The third-order valence-electron chi connectivity index (χ3n) is 6.26. The molecule has 0 aliphatic heterocycles. The number of benzene rings is 3. The fraction of sp³-hybridized carbons (Fsp3) is 0.333. The van der Waals surface area contributed by atoms with E-state index >= 15 is 0 Å². The predicted octanol–water partition coefficient (Wildman–Crippen LogP) is 4.53. The smallest absolute Gasteiger partial charge is 0.264 e. The Morgan fingerprint density at radius 2 is 1.54 bits per heavy atom. The van der Waals surface area contributed by atoms with Gasteiger partial charge in [-0.3, -0.25) is 13.9 Å². The Hall–Kier alpha value is -3.85. The second-order valence-corrected chi connectivity index (χ2v) is 11.5. The van der Waals surface area contributed by atoms with Crippen LogP contribution in [0.25, 0.3) is 0 Å². The molecule has 0 aromatic heterocycles. The number of amides is 2. The van der Waals surface area contributed by atoms with E-state index in [1.54, 1.807) is 61.7 Å². The van der Waals surface area contributed by atoms with Gasteiger partial charge in [-0.1, -0.05) is 55.0 Å². The number of carbonyl (C=O) groups excluding carboxylic acids is 2. The summed E-state index contributed by atoms with van der Waals surface area (Å²) in [6, 6.07) is 21.3. The summed E-state index contributed by atoms with van der Waals surface area (Å²) in [4.78, 5) is 28.7. The van der Waals surface area contributed by atoms with E-state index in [2.05, 4.69) is 5.32 Å². The van der Waals surface area contributed by atoms with Crippen LogP contribution in [-0.4, -0.2) is 50.9 Å². The first-order chi connectivity index (χ1) is 18.6. The summed E-state index contributed by atoms with van der Waals surface area (Å²) < 4.78 is 33.9. The van der Waals surface area contributed by atoms with Gasteiger partial charge >= 0.3 is 0 Å². The number of hydrogen-bond donors (Lipinski definition) is 1. The summed E-state index contributed by atoms with van der Waals surface area (Å²) in [5.74, 6) is -0.112. The van der Waals surface area contributed by atoms with Gasteiger partial charge in [0.15, 0.2) is 0 Å². The van der Waals surface area contributed by atoms with Crippen molar-refractivity contribution < 1.29 is 22.7 Å². The molecule has 1 unspecified atom stereocenters. The largest absolute Gasteiger partial charge is 0.497 e. The van der Waals surface area contributed by atoms with Gasteiger partial charge in [0, 0.05) is 12.6 Å². The maximum absolute atomic E-state index is 14.0. The lowest BCUT2D eigenvalue weighted by molar-refractivity contribution is -0.140. The minimum atomic E-state index is -4.08. The van der Waals surface area contributed by atoms with Gasteiger partial charge in [0.25, 0.3) is 10.0 Å². The van der Waals surface area contributed by atoms with Crippen molar-refractivity contribution in [2.45, 2.75) is 57.6 Å². The van der Waals surface area contributed by atoms with Crippen LogP contribution in [0, 0.1) is 6.92 Å². The van der Waals surface area contributed by atoms with E-state index in [1.807, 2.05) is 39.8 Å². The van der Waals surface area contributed by atoms with Gasteiger partial charge in [-0.2, -0.15) is 0 Å². The zero-order valence-electron chi connectivity index (χ0n) is 23.1. The number of aryl methyl sites for hydroxylation is 1. The summed E-state index contributed by atoms with van der Waals surface area (Å²) in [5.41, 5.74) is 2.11. The molecular weight excluding hydrogens is 514 g/mol. The minimum absolute atomic E-state index is 0.0738.